The molecule has 1 saturated heterocycles. The minimum Gasteiger partial charge on any atom is -0.443 e. The van der Waals surface area contributed by atoms with Gasteiger partial charge in [-0.15, -0.1) is 0 Å². The van der Waals surface area contributed by atoms with Crippen LogP contribution in [-0.4, -0.2) is 58.9 Å². The molecule has 0 aliphatic carbocycles. The second-order valence-corrected chi connectivity index (χ2v) is 7.05. The number of furan rings is 1. The SMILES string of the molecule is CC(C)(O)C#Cc1ccc(C(=O)NCC(O)CN2CCCCCC2)o1. The highest BCUT2D eigenvalue weighted by Gasteiger charge is 2.16. The van der Waals surface area contributed by atoms with Gasteiger partial charge in [-0.25, -0.2) is 0 Å². The monoisotopic (exact) mass is 348 g/mol. The fourth-order valence-electron chi connectivity index (χ4n) is 2.72. The van der Waals surface area contributed by atoms with Gasteiger partial charge in [0, 0.05) is 13.1 Å². The second-order valence-electron chi connectivity index (χ2n) is 7.05. The lowest BCUT2D eigenvalue weighted by Crippen LogP contribution is -2.40. The van der Waals surface area contributed by atoms with E-state index in [1.165, 1.54) is 31.7 Å². The van der Waals surface area contributed by atoms with Gasteiger partial charge in [0.2, 0.25) is 0 Å². The fraction of sp³-hybridized carbons (Fsp3) is 0.632. The van der Waals surface area contributed by atoms with Gasteiger partial charge < -0.3 is 24.8 Å². The zero-order chi connectivity index (χ0) is 18.3. The van der Waals surface area contributed by atoms with Gasteiger partial charge in [-0.3, -0.25) is 4.79 Å². The highest BCUT2D eigenvalue weighted by atomic mass is 16.3. The smallest absolute Gasteiger partial charge is 0.287 e. The molecule has 1 fully saturated rings. The Bertz CT molecular complexity index is 613. The molecular weight excluding hydrogens is 320 g/mol. The van der Waals surface area contributed by atoms with Crippen molar-refractivity contribution in [2.75, 3.05) is 26.2 Å². The van der Waals surface area contributed by atoms with E-state index >= 15 is 0 Å². The summed E-state index contributed by atoms with van der Waals surface area (Å²) in [6.45, 7) is 5.91. The van der Waals surface area contributed by atoms with E-state index < -0.39 is 11.7 Å². The van der Waals surface area contributed by atoms with Crippen LogP contribution in [0.4, 0.5) is 0 Å². The molecule has 6 heteroatoms. The molecule has 1 aliphatic rings. The molecule has 0 spiro atoms. The Labute approximate surface area is 149 Å². The number of rotatable bonds is 5. The van der Waals surface area contributed by atoms with Crippen LogP contribution in [0.5, 0.6) is 0 Å². The van der Waals surface area contributed by atoms with E-state index in [9.17, 15) is 15.0 Å². The first kappa shape index (κ1) is 19.5. The molecule has 138 valence electrons. The fourth-order valence-corrected chi connectivity index (χ4v) is 2.72. The van der Waals surface area contributed by atoms with Gasteiger partial charge >= 0.3 is 0 Å². The van der Waals surface area contributed by atoms with Crippen LogP contribution in [0, 0.1) is 11.8 Å². The largest absolute Gasteiger partial charge is 0.443 e. The Balaban J connectivity index is 1.79. The number of β-amino-alcohol motifs (C(OH)–C–C–N with tert-alkyl or cyclic N) is 1. The van der Waals surface area contributed by atoms with Gasteiger partial charge in [0.25, 0.3) is 5.91 Å². The zero-order valence-corrected chi connectivity index (χ0v) is 15.0. The van der Waals surface area contributed by atoms with Gasteiger partial charge in [-0.1, -0.05) is 18.8 Å². The number of aliphatic hydroxyl groups is 2. The first-order valence-electron chi connectivity index (χ1n) is 8.87. The third kappa shape index (κ3) is 7.30. The number of hydrogen-bond acceptors (Lipinski definition) is 5. The van der Waals surface area contributed by atoms with Crippen molar-refractivity contribution in [2.24, 2.45) is 0 Å². The van der Waals surface area contributed by atoms with Gasteiger partial charge in [0.15, 0.2) is 11.5 Å². The normalized spacial score (nSPS) is 17.3. The molecule has 2 heterocycles. The van der Waals surface area contributed by atoms with E-state index in [0.29, 0.717) is 12.3 Å². The number of hydrogen-bond donors (Lipinski definition) is 3. The van der Waals surface area contributed by atoms with Gasteiger partial charge in [0.05, 0.1) is 6.10 Å². The molecule has 3 N–H and O–H groups in total. The number of amides is 1. The maximum atomic E-state index is 12.1. The summed E-state index contributed by atoms with van der Waals surface area (Å²) >= 11 is 0. The third-order valence-electron chi connectivity index (χ3n) is 3.99. The van der Waals surface area contributed by atoms with Crippen molar-refractivity contribution in [3.8, 4) is 11.8 Å². The highest BCUT2D eigenvalue weighted by Crippen LogP contribution is 2.10. The van der Waals surface area contributed by atoms with Crippen LogP contribution in [0.3, 0.4) is 0 Å². The van der Waals surface area contributed by atoms with Crippen LogP contribution in [0.15, 0.2) is 16.5 Å². The Hall–Kier alpha value is -1.81. The van der Waals surface area contributed by atoms with Crippen molar-refractivity contribution >= 4 is 5.91 Å². The topological polar surface area (TPSA) is 85.9 Å². The predicted molar refractivity (Wildman–Crippen MR) is 95.1 cm³/mol. The number of carbonyl (C=O) groups is 1. The molecule has 1 aromatic heterocycles. The van der Waals surface area contributed by atoms with Crippen LogP contribution in [-0.2, 0) is 0 Å². The standard InChI is InChI=1S/C19H28N2O4/c1-19(2,24)10-9-16-7-8-17(25-16)18(23)20-13-15(22)14-21-11-5-3-4-6-12-21/h7-8,15,22,24H,3-6,11-14H2,1-2H3,(H,20,23). The zero-order valence-electron chi connectivity index (χ0n) is 15.0. The van der Waals surface area contributed by atoms with Crippen molar-refractivity contribution in [3.05, 3.63) is 23.7 Å². The summed E-state index contributed by atoms with van der Waals surface area (Å²) in [6, 6.07) is 3.12. The highest BCUT2D eigenvalue weighted by molar-refractivity contribution is 5.91. The molecule has 1 amide bonds. The van der Waals surface area contributed by atoms with Crippen LogP contribution >= 0.6 is 0 Å². The summed E-state index contributed by atoms with van der Waals surface area (Å²) in [6.07, 6.45) is 4.23. The van der Waals surface area contributed by atoms with Crippen LogP contribution in [0.2, 0.25) is 0 Å². The van der Waals surface area contributed by atoms with E-state index in [-0.39, 0.29) is 18.2 Å². The summed E-state index contributed by atoms with van der Waals surface area (Å²) in [5.74, 6) is 5.38. The maximum absolute atomic E-state index is 12.1. The van der Waals surface area contributed by atoms with E-state index in [1.807, 2.05) is 0 Å². The molecule has 1 atom stereocenters. The minimum atomic E-state index is -1.12. The van der Waals surface area contributed by atoms with Crippen LogP contribution < -0.4 is 5.32 Å². The van der Waals surface area contributed by atoms with Crippen LogP contribution in [0.25, 0.3) is 0 Å². The van der Waals surface area contributed by atoms with Crippen molar-refractivity contribution in [3.63, 3.8) is 0 Å². The van der Waals surface area contributed by atoms with Crippen LogP contribution in [0.1, 0.15) is 55.8 Å². The summed E-state index contributed by atoms with van der Waals surface area (Å²) < 4.78 is 5.35. The van der Waals surface area contributed by atoms with Gasteiger partial charge in [-0.2, -0.15) is 0 Å². The van der Waals surface area contributed by atoms with Crippen molar-refractivity contribution < 1.29 is 19.4 Å². The minimum absolute atomic E-state index is 0.141. The molecule has 0 radical (unpaired) electrons. The summed E-state index contributed by atoms with van der Waals surface area (Å²) in [7, 11) is 0. The number of carbonyl (C=O) groups excluding carboxylic acids is 1. The lowest BCUT2D eigenvalue weighted by Gasteiger charge is -2.23. The first-order chi connectivity index (χ1) is 11.8. The molecule has 0 aromatic carbocycles. The molecular formula is C19H28N2O4. The average molecular weight is 348 g/mol. The molecule has 0 saturated carbocycles. The Morgan fingerprint density at radius 3 is 2.64 bits per heavy atom. The van der Waals surface area contributed by atoms with Crippen molar-refractivity contribution in [2.45, 2.75) is 51.2 Å². The average Bonchev–Trinajstić information content (AvgIpc) is 2.88. The summed E-state index contributed by atoms with van der Waals surface area (Å²) in [4.78, 5) is 14.3. The second kappa shape index (κ2) is 9.04. The Kier molecular flexibility index (Phi) is 7.06. The van der Waals surface area contributed by atoms with Gasteiger partial charge in [0.1, 0.15) is 5.60 Å². The number of likely N-dealkylation sites (tertiary alicyclic amines) is 1. The Morgan fingerprint density at radius 1 is 1.32 bits per heavy atom. The van der Waals surface area contributed by atoms with Crippen molar-refractivity contribution in [1.29, 1.82) is 0 Å². The quantitative estimate of drug-likeness (QED) is 0.700. The first-order valence-corrected chi connectivity index (χ1v) is 8.87. The number of nitrogens with zero attached hydrogens (tertiary/aromatic N) is 1. The molecule has 1 aliphatic heterocycles. The maximum Gasteiger partial charge on any atom is 0.287 e. The summed E-state index contributed by atoms with van der Waals surface area (Å²) in [5, 5.41) is 22.4. The van der Waals surface area contributed by atoms with E-state index in [4.69, 9.17) is 4.42 Å². The molecule has 1 unspecified atom stereocenters. The lowest BCUT2D eigenvalue weighted by atomic mass is 10.1. The third-order valence-corrected chi connectivity index (χ3v) is 3.99. The van der Waals surface area contributed by atoms with Gasteiger partial charge in [-0.05, 0) is 57.8 Å². The van der Waals surface area contributed by atoms with E-state index in [1.54, 1.807) is 19.9 Å². The molecule has 2 rings (SSSR count). The molecule has 25 heavy (non-hydrogen) atoms. The van der Waals surface area contributed by atoms with E-state index in [2.05, 4.69) is 22.1 Å². The number of aliphatic hydroxyl groups excluding tert-OH is 1. The van der Waals surface area contributed by atoms with E-state index in [0.717, 1.165) is 13.1 Å². The Morgan fingerprint density at radius 2 is 2.00 bits per heavy atom. The number of nitrogens with one attached hydrogen (secondary N) is 1. The molecule has 6 nitrogen and oxygen atoms in total. The summed E-state index contributed by atoms with van der Waals surface area (Å²) in [5.41, 5.74) is -1.12. The molecule has 0 bridgehead atoms. The van der Waals surface area contributed by atoms with Crippen molar-refractivity contribution in [1.82, 2.24) is 10.2 Å². The lowest BCUT2D eigenvalue weighted by molar-refractivity contribution is 0.0839. The molecule has 1 aromatic rings. The predicted octanol–water partition coefficient (Wildman–Crippen LogP) is 1.37.